The molecule has 122 valence electrons. The molecular formula is C15H34N2O3. The van der Waals surface area contributed by atoms with E-state index in [1.54, 1.807) is 7.11 Å². The van der Waals surface area contributed by atoms with Crippen LogP contribution in [0.5, 0.6) is 0 Å². The lowest BCUT2D eigenvalue weighted by atomic mass is 10.0. The third kappa shape index (κ3) is 14.2. The minimum Gasteiger partial charge on any atom is -0.382 e. The molecule has 5 heteroatoms. The predicted molar refractivity (Wildman–Crippen MR) is 83.3 cm³/mol. The monoisotopic (exact) mass is 290 g/mol. The smallest absolute Gasteiger partial charge is 0.0701 e. The van der Waals surface area contributed by atoms with Crippen molar-refractivity contribution in [3.63, 3.8) is 0 Å². The van der Waals surface area contributed by atoms with Gasteiger partial charge in [0.2, 0.25) is 0 Å². The molecule has 0 heterocycles. The van der Waals surface area contributed by atoms with E-state index in [1.165, 1.54) is 6.42 Å². The lowest BCUT2D eigenvalue weighted by Crippen LogP contribution is -2.40. The molecule has 1 unspecified atom stereocenters. The first-order valence-corrected chi connectivity index (χ1v) is 7.58. The Kier molecular flexibility index (Phi) is 13.6. The summed E-state index contributed by atoms with van der Waals surface area (Å²) in [7, 11) is 5.90. The molecule has 0 bridgehead atoms. The Morgan fingerprint density at radius 3 is 2.10 bits per heavy atom. The van der Waals surface area contributed by atoms with Crippen molar-refractivity contribution in [2.24, 2.45) is 5.92 Å². The molecule has 1 atom stereocenters. The van der Waals surface area contributed by atoms with Crippen LogP contribution in [0.1, 0.15) is 20.3 Å². The van der Waals surface area contributed by atoms with Crippen LogP contribution in [-0.2, 0) is 14.2 Å². The van der Waals surface area contributed by atoms with Gasteiger partial charge in [0.1, 0.15) is 0 Å². The van der Waals surface area contributed by atoms with Crippen molar-refractivity contribution in [2.45, 2.75) is 26.3 Å². The average molecular weight is 290 g/mol. The first kappa shape index (κ1) is 19.8. The fraction of sp³-hybridized carbons (Fsp3) is 1.00. The number of nitrogens with zero attached hydrogens (tertiary/aromatic N) is 1. The Hall–Kier alpha value is -0.200. The van der Waals surface area contributed by atoms with Crippen LogP contribution in [-0.4, -0.2) is 78.3 Å². The Morgan fingerprint density at radius 2 is 1.55 bits per heavy atom. The molecule has 0 aliphatic rings. The van der Waals surface area contributed by atoms with Gasteiger partial charge in [0.15, 0.2) is 0 Å². The van der Waals surface area contributed by atoms with Crippen LogP contribution in [0.3, 0.4) is 0 Å². The Balaban J connectivity index is 3.48. The van der Waals surface area contributed by atoms with Crippen molar-refractivity contribution in [2.75, 3.05) is 67.3 Å². The lowest BCUT2D eigenvalue weighted by Gasteiger charge is -2.24. The highest BCUT2D eigenvalue weighted by molar-refractivity contribution is 4.71. The summed E-state index contributed by atoms with van der Waals surface area (Å²) < 4.78 is 15.8. The molecule has 0 aromatic rings. The number of nitrogens with one attached hydrogen (secondary N) is 1. The van der Waals surface area contributed by atoms with Gasteiger partial charge in [-0.2, -0.15) is 0 Å². The third-order valence-electron chi connectivity index (χ3n) is 2.82. The maximum atomic E-state index is 5.53. The Bertz CT molecular complexity index is 192. The molecule has 0 amide bonds. The fourth-order valence-corrected chi connectivity index (χ4v) is 2.03. The zero-order valence-electron chi connectivity index (χ0n) is 14.0. The van der Waals surface area contributed by atoms with Gasteiger partial charge in [0.25, 0.3) is 0 Å². The van der Waals surface area contributed by atoms with E-state index in [2.05, 4.69) is 38.2 Å². The van der Waals surface area contributed by atoms with E-state index < -0.39 is 0 Å². The van der Waals surface area contributed by atoms with Gasteiger partial charge in [0.05, 0.1) is 33.0 Å². The molecule has 1 N–H and O–H groups in total. The van der Waals surface area contributed by atoms with E-state index in [0.717, 1.165) is 19.7 Å². The quantitative estimate of drug-likeness (QED) is 0.488. The van der Waals surface area contributed by atoms with E-state index in [-0.39, 0.29) is 0 Å². The van der Waals surface area contributed by atoms with Crippen molar-refractivity contribution in [1.29, 1.82) is 0 Å². The summed E-state index contributed by atoms with van der Waals surface area (Å²) in [6.07, 6.45) is 1.19. The second-order valence-corrected chi connectivity index (χ2v) is 5.76. The van der Waals surface area contributed by atoms with Crippen LogP contribution in [0.25, 0.3) is 0 Å². The van der Waals surface area contributed by atoms with Gasteiger partial charge in [-0.05, 0) is 26.4 Å². The Morgan fingerprint density at radius 1 is 0.950 bits per heavy atom. The van der Waals surface area contributed by atoms with Gasteiger partial charge in [-0.25, -0.2) is 0 Å². The number of ether oxygens (including phenoxy) is 3. The summed E-state index contributed by atoms with van der Waals surface area (Å²) in [5.41, 5.74) is 0. The lowest BCUT2D eigenvalue weighted by molar-refractivity contribution is 0.0250. The third-order valence-corrected chi connectivity index (χ3v) is 2.82. The highest BCUT2D eigenvalue weighted by Crippen LogP contribution is 2.05. The number of rotatable bonds is 14. The van der Waals surface area contributed by atoms with Crippen molar-refractivity contribution in [3.05, 3.63) is 0 Å². The molecule has 20 heavy (non-hydrogen) atoms. The molecule has 0 spiro atoms. The predicted octanol–water partition coefficient (Wildman–Crippen LogP) is 1.23. The van der Waals surface area contributed by atoms with E-state index in [9.17, 15) is 0 Å². The standard InChI is InChI=1S/C15H34N2O3/c1-14(2)12-15(13-17(3)4)16-6-7-19-10-11-20-9-8-18-5/h14-16H,6-13H2,1-5H3. The minimum absolute atomic E-state index is 0.534. The number of hydrogen-bond acceptors (Lipinski definition) is 5. The maximum Gasteiger partial charge on any atom is 0.0701 e. The van der Waals surface area contributed by atoms with Gasteiger partial charge in [-0.15, -0.1) is 0 Å². The largest absolute Gasteiger partial charge is 0.382 e. The first-order chi connectivity index (χ1) is 9.56. The summed E-state index contributed by atoms with van der Waals surface area (Å²) in [5, 5.41) is 3.57. The van der Waals surface area contributed by atoms with E-state index in [0.29, 0.717) is 38.4 Å². The molecule has 0 radical (unpaired) electrons. The molecule has 0 aliphatic carbocycles. The van der Waals surface area contributed by atoms with Gasteiger partial charge < -0.3 is 24.4 Å². The second-order valence-electron chi connectivity index (χ2n) is 5.76. The number of methoxy groups -OCH3 is 1. The molecule has 0 saturated carbocycles. The highest BCUT2D eigenvalue weighted by Gasteiger charge is 2.10. The van der Waals surface area contributed by atoms with Crippen LogP contribution < -0.4 is 5.32 Å². The highest BCUT2D eigenvalue weighted by atomic mass is 16.5. The summed E-state index contributed by atoms with van der Waals surface area (Å²) in [4.78, 5) is 2.23. The zero-order valence-corrected chi connectivity index (χ0v) is 14.0. The summed E-state index contributed by atoms with van der Waals surface area (Å²) in [5.74, 6) is 0.711. The minimum atomic E-state index is 0.534. The van der Waals surface area contributed by atoms with Crippen LogP contribution in [0.2, 0.25) is 0 Å². The van der Waals surface area contributed by atoms with Crippen molar-refractivity contribution in [1.82, 2.24) is 10.2 Å². The topological polar surface area (TPSA) is 43.0 Å². The molecule has 5 nitrogen and oxygen atoms in total. The van der Waals surface area contributed by atoms with Crippen LogP contribution in [0.15, 0.2) is 0 Å². The van der Waals surface area contributed by atoms with Crippen molar-refractivity contribution in [3.8, 4) is 0 Å². The zero-order chi connectivity index (χ0) is 15.2. The number of hydrogen-bond donors (Lipinski definition) is 1. The van der Waals surface area contributed by atoms with Gasteiger partial charge in [-0.1, -0.05) is 13.8 Å². The van der Waals surface area contributed by atoms with Crippen molar-refractivity contribution >= 4 is 0 Å². The molecule has 0 aliphatic heterocycles. The van der Waals surface area contributed by atoms with E-state index >= 15 is 0 Å². The second kappa shape index (κ2) is 13.8. The molecule has 0 fully saturated rings. The molecular weight excluding hydrogens is 256 g/mol. The average Bonchev–Trinajstić information content (AvgIpc) is 2.35. The summed E-state index contributed by atoms with van der Waals surface area (Å²) in [6.45, 7) is 9.78. The van der Waals surface area contributed by atoms with Gasteiger partial charge in [-0.3, -0.25) is 0 Å². The summed E-state index contributed by atoms with van der Waals surface area (Å²) >= 11 is 0. The van der Waals surface area contributed by atoms with Gasteiger partial charge >= 0.3 is 0 Å². The van der Waals surface area contributed by atoms with Crippen LogP contribution >= 0.6 is 0 Å². The van der Waals surface area contributed by atoms with E-state index in [1.807, 2.05) is 0 Å². The maximum absolute atomic E-state index is 5.53. The molecule has 0 aromatic heterocycles. The number of likely N-dealkylation sites (N-methyl/N-ethyl adjacent to an activating group) is 1. The molecule has 0 rings (SSSR count). The normalized spacial score (nSPS) is 13.3. The Labute approximate surface area is 124 Å². The van der Waals surface area contributed by atoms with Crippen molar-refractivity contribution < 1.29 is 14.2 Å². The molecule has 0 saturated heterocycles. The fourth-order valence-electron chi connectivity index (χ4n) is 2.03. The van der Waals surface area contributed by atoms with E-state index in [4.69, 9.17) is 14.2 Å². The van der Waals surface area contributed by atoms with Gasteiger partial charge in [0, 0.05) is 26.2 Å². The van der Waals surface area contributed by atoms with Crippen LogP contribution in [0, 0.1) is 5.92 Å². The van der Waals surface area contributed by atoms with Crippen LogP contribution in [0.4, 0.5) is 0 Å². The molecule has 0 aromatic carbocycles. The summed E-state index contributed by atoms with van der Waals surface area (Å²) in [6, 6.07) is 0.534. The SMILES string of the molecule is COCCOCCOCCNC(CC(C)C)CN(C)C. The first-order valence-electron chi connectivity index (χ1n) is 7.58.